The Morgan fingerprint density at radius 2 is 1.68 bits per heavy atom. The van der Waals surface area contributed by atoms with E-state index in [0.717, 1.165) is 16.5 Å². The first-order chi connectivity index (χ1) is 21.0. The average molecular weight is 606 g/mol. The van der Waals surface area contributed by atoms with Crippen molar-refractivity contribution in [1.82, 2.24) is 26.1 Å². The second-order valence-electron chi connectivity index (χ2n) is 12.8. The molecule has 1 aromatic carbocycles. The van der Waals surface area contributed by atoms with Gasteiger partial charge in [0.15, 0.2) is 6.10 Å². The number of fused-ring (bicyclic) bond motifs is 4. The van der Waals surface area contributed by atoms with E-state index in [1.54, 1.807) is 20.8 Å². The highest BCUT2D eigenvalue weighted by molar-refractivity contribution is 5.92. The van der Waals surface area contributed by atoms with Gasteiger partial charge in [-0.1, -0.05) is 44.2 Å². The van der Waals surface area contributed by atoms with Crippen LogP contribution in [0, 0.1) is 11.3 Å². The molecule has 11 heteroatoms. The summed E-state index contributed by atoms with van der Waals surface area (Å²) in [4.78, 5) is 58.7. The van der Waals surface area contributed by atoms with E-state index < -0.39 is 47.5 Å². The molecule has 1 saturated carbocycles. The van der Waals surface area contributed by atoms with Gasteiger partial charge < -0.3 is 20.5 Å². The number of amides is 3. The maximum Gasteiger partial charge on any atom is 0.316 e. The predicted octanol–water partition coefficient (Wildman–Crippen LogP) is 2.93. The summed E-state index contributed by atoms with van der Waals surface area (Å²) in [5, 5.41) is 18.3. The van der Waals surface area contributed by atoms with Crippen molar-refractivity contribution in [3.8, 4) is 0 Å². The van der Waals surface area contributed by atoms with Crippen molar-refractivity contribution in [3.63, 3.8) is 0 Å². The van der Waals surface area contributed by atoms with Gasteiger partial charge in [0, 0.05) is 11.9 Å². The van der Waals surface area contributed by atoms with Crippen LogP contribution in [0.2, 0.25) is 0 Å². The number of rotatable bonds is 1. The Balaban J connectivity index is 1.53. The number of pyridine rings is 1. The maximum atomic E-state index is 13.9. The van der Waals surface area contributed by atoms with Gasteiger partial charge in [-0.25, -0.2) is 5.43 Å². The zero-order valence-electron chi connectivity index (χ0n) is 25.8. The molecule has 3 heterocycles. The van der Waals surface area contributed by atoms with E-state index in [-0.39, 0.29) is 17.9 Å². The molecule has 236 valence electrons. The third-order valence-electron chi connectivity index (χ3n) is 8.98. The van der Waals surface area contributed by atoms with Crippen molar-refractivity contribution in [2.24, 2.45) is 11.3 Å². The van der Waals surface area contributed by atoms with Crippen LogP contribution in [0.1, 0.15) is 83.5 Å². The molecule has 4 atom stereocenters. The lowest BCUT2D eigenvalue weighted by Crippen LogP contribution is -2.61. The molecular weight excluding hydrogens is 562 g/mol. The molecule has 2 aromatic rings. The highest BCUT2D eigenvalue weighted by Crippen LogP contribution is 2.40. The normalized spacial score (nSPS) is 31.5. The van der Waals surface area contributed by atoms with Crippen LogP contribution in [0.25, 0.3) is 17.0 Å². The number of carbonyl (C=O) groups is 4. The molecule has 5 bridgehead atoms. The largest absolute Gasteiger partial charge is 0.451 e. The van der Waals surface area contributed by atoms with Gasteiger partial charge in [0.25, 0.3) is 11.8 Å². The molecule has 0 radical (unpaired) electrons. The van der Waals surface area contributed by atoms with Gasteiger partial charge in [-0.2, -0.15) is 0 Å². The van der Waals surface area contributed by atoms with E-state index >= 15 is 0 Å². The molecule has 1 aromatic heterocycles. The SMILES string of the molecule is CC(C)C1OC(=O)[C@]2(/C=C/c3ccc4ccc(nc4c3)[C@@H](C)NC(=O)[C@@H]3CCCN(N3)C(=O)[C@H](C)NC1=O)CC[C@H](O)CC2. The first-order valence-corrected chi connectivity index (χ1v) is 15.6. The van der Waals surface area contributed by atoms with Crippen LogP contribution in [-0.2, 0) is 23.9 Å². The maximum absolute atomic E-state index is 13.9. The summed E-state index contributed by atoms with van der Waals surface area (Å²) in [7, 11) is 0. The minimum Gasteiger partial charge on any atom is -0.451 e. The average Bonchev–Trinajstić information content (AvgIpc) is 3.01. The third kappa shape index (κ3) is 6.78. The number of aliphatic hydroxyl groups excluding tert-OH is 1. The van der Waals surface area contributed by atoms with Gasteiger partial charge in [-0.3, -0.25) is 29.2 Å². The molecule has 1 saturated heterocycles. The molecule has 44 heavy (non-hydrogen) atoms. The number of nitrogens with one attached hydrogen (secondary N) is 3. The summed E-state index contributed by atoms with van der Waals surface area (Å²) >= 11 is 0. The Labute approximate surface area is 257 Å². The lowest BCUT2D eigenvalue weighted by atomic mass is 9.72. The van der Waals surface area contributed by atoms with Crippen molar-refractivity contribution in [2.45, 2.75) is 96.6 Å². The summed E-state index contributed by atoms with van der Waals surface area (Å²) in [5.41, 5.74) is 4.27. The van der Waals surface area contributed by atoms with Crippen LogP contribution in [-0.4, -0.2) is 69.6 Å². The predicted molar refractivity (Wildman–Crippen MR) is 164 cm³/mol. The molecule has 1 aliphatic carbocycles. The molecule has 3 aliphatic rings. The Kier molecular flexibility index (Phi) is 9.36. The number of hydrazine groups is 1. The van der Waals surface area contributed by atoms with Gasteiger partial charge >= 0.3 is 5.97 Å². The fraction of sp³-hybridized carbons (Fsp3) is 0.545. The monoisotopic (exact) mass is 605 g/mol. The molecule has 2 fully saturated rings. The van der Waals surface area contributed by atoms with E-state index in [1.165, 1.54) is 5.01 Å². The number of hydrogen-bond acceptors (Lipinski definition) is 8. The second-order valence-corrected chi connectivity index (χ2v) is 12.8. The van der Waals surface area contributed by atoms with E-state index in [9.17, 15) is 24.3 Å². The van der Waals surface area contributed by atoms with Crippen LogP contribution >= 0.6 is 0 Å². The molecule has 2 aliphatic heterocycles. The molecular formula is C33H43N5O6. The highest BCUT2D eigenvalue weighted by atomic mass is 16.5. The van der Waals surface area contributed by atoms with E-state index in [4.69, 9.17) is 9.72 Å². The zero-order chi connectivity index (χ0) is 31.6. The minimum absolute atomic E-state index is 0.245. The van der Waals surface area contributed by atoms with Gasteiger partial charge in [0.05, 0.1) is 28.8 Å². The number of hydrogen-bond donors (Lipinski definition) is 4. The van der Waals surface area contributed by atoms with Crippen molar-refractivity contribution in [3.05, 3.63) is 47.7 Å². The van der Waals surface area contributed by atoms with E-state index in [0.29, 0.717) is 50.8 Å². The van der Waals surface area contributed by atoms with Crippen molar-refractivity contribution in [2.75, 3.05) is 6.54 Å². The number of carbonyl (C=O) groups excluding carboxylic acids is 4. The first kappa shape index (κ1) is 31.6. The number of cyclic esters (lactones) is 1. The smallest absolute Gasteiger partial charge is 0.316 e. The number of ether oxygens (including phenoxy) is 1. The highest BCUT2D eigenvalue weighted by Gasteiger charge is 2.43. The molecule has 3 amide bonds. The second kappa shape index (κ2) is 13.0. The van der Waals surface area contributed by atoms with Gasteiger partial charge in [-0.05, 0) is 76.0 Å². The fourth-order valence-corrected chi connectivity index (χ4v) is 6.15. The van der Waals surface area contributed by atoms with Crippen molar-refractivity contribution in [1.29, 1.82) is 0 Å². The Bertz CT molecular complexity index is 1450. The number of benzene rings is 1. The van der Waals surface area contributed by atoms with E-state index in [1.807, 2.05) is 49.4 Å². The fourth-order valence-electron chi connectivity index (χ4n) is 6.15. The van der Waals surface area contributed by atoms with Gasteiger partial charge in [-0.15, -0.1) is 0 Å². The Morgan fingerprint density at radius 3 is 2.41 bits per heavy atom. The number of aliphatic hydroxyl groups is 1. The lowest BCUT2D eigenvalue weighted by Gasteiger charge is -2.36. The molecule has 5 rings (SSSR count). The van der Waals surface area contributed by atoms with Gasteiger partial charge in [0.2, 0.25) is 5.91 Å². The molecule has 11 nitrogen and oxygen atoms in total. The first-order valence-electron chi connectivity index (χ1n) is 15.6. The molecule has 1 spiro atoms. The van der Waals surface area contributed by atoms with Crippen LogP contribution in [0.4, 0.5) is 0 Å². The zero-order valence-corrected chi connectivity index (χ0v) is 25.8. The van der Waals surface area contributed by atoms with E-state index in [2.05, 4.69) is 16.1 Å². The number of nitrogens with zero attached hydrogens (tertiary/aromatic N) is 2. The lowest BCUT2D eigenvalue weighted by molar-refractivity contribution is -0.168. The third-order valence-corrected chi connectivity index (χ3v) is 8.98. The summed E-state index contributed by atoms with van der Waals surface area (Å²) in [6.07, 6.45) is 4.84. The van der Waals surface area contributed by atoms with Gasteiger partial charge in [0.1, 0.15) is 12.1 Å². The molecule has 4 N–H and O–H groups in total. The van der Waals surface area contributed by atoms with Crippen LogP contribution in [0.3, 0.4) is 0 Å². The molecule has 1 unspecified atom stereocenters. The van der Waals surface area contributed by atoms with Crippen molar-refractivity contribution < 1.29 is 29.0 Å². The number of esters is 1. The standard InChI is InChI=1S/C33H43N5O6/c1-19(2)28-30(41)35-21(4)31(42)38-17-5-6-26(37-38)29(40)34-20(3)25-10-9-23-8-7-22(18-27(23)36-25)11-14-33(32(43)44-28)15-12-24(39)13-16-33/h7-11,14,18-21,24,26,28,37,39H,5-6,12-13,15-17H2,1-4H3,(H,34,40)(H,35,41)/b14-11+/t20-,21+,24-,26+,28?,33+/m1/s1. The summed E-state index contributed by atoms with van der Waals surface area (Å²) in [6.45, 7) is 7.39. The summed E-state index contributed by atoms with van der Waals surface area (Å²) in [6, 6.07) is 7.74. The summed E-state index contributed by atoms with van der Waals surface area (Å²) in [5.74, 6) is -2.09. The quantitative estimate of drug-likeness (QED) is 0.363. The number of aromatic nitrogens is 1. The Morgan fingerprint density at radius 1 is 0.977 bits per heavy atom. The topological polar surface area (TPSA) is 150 Å². The summed E-state index contributed by atoms with van der Waals surface area (Å²) < 4.78 is 5.93. The van der Waals surface area contributed by atoms with Crippen LogP contribution in [0.15, 0.2) is 36.4 Å². The van der Waals surface area contributed by atoms with Crippen molar-refractivity contribution >= 4 is 40.7 Å². The minimum atomic E-state index is -1.12. The van der Waals surface area contributed by atoms with Crippen LogP contribution in [0.5, 0.6) is 0 Å². The van der Waals surface area contributed by atoms with Crippen LogP contribution < -0.4 is 16.1 Å². The Hall–Kier alpha value is -3.83.